The number of hydrogen-bond acceptors (Lipinski definition) is 3. The number of alkyl halides is 1. The van der Waals surface area contributed by atoms with Crippen LogP contribution >= 0.6 is 11.6 Å². The molecule has 0 aromatic carbocycles. The van der Waals surface area contributed by atoms with Crippen molar-refractivity contribution >= 4 is 17.5 Å². The van der Waals surface area contributed by atoms with Crippen molar-refractivity contribution in [1.82, 2.24) is 10.5 Å². The van der Waals surface area contributed by atoms with Gasteiger partial charge < -0.3 is 9.84 Å². The van der Waals surface area contributed by atoms with Gasteiger partial charge in [0.1, 0.15) is 11.3 Å². The quantitative estimate of drug-likeness (QED) is 0.799. The monoisotopic (exact) mass is 258 g/mol. The molecule has 0 aliphatic heterocycles. The molecule has 17 heavy (non-hydrogen) atoms. The van der Waals surface area contributed by atoms with E-state index >= 15 is 0 Å². The van der Waals surface area contributed by atoms with Crippen LogP contribution in [0.25, 0.3) is 0 Å². The average Bonchev–Trinajstić information content (AvgIpc) is 2.74. The van der Waals surface area contributed by atoms with Gasteiger partial charge in [0, 0.05) is 6.54 Å². The lowest BCUT2D eigenvalue weighted by atomic mass is 9.99. The molecule has 0 bridgehead atoms. The molecule has 1 unspecified atom stereocenters. The maximum Gasteiger partial charge on any atom is 0.256 e. The summed E-state index contributed by atoms with van der Waals surface area (Å²) in [5.74, 6) is 0.775. The Balaban J connectivity index is 2.46. The Morgan fingerprint density at radius 2 is 2.18 bits per heavy atom. The second kappa shape index (κ2) is 6.64. The summed E-state index contributed by atoms with van der Waals surface area (Å²) in [5, 5.41) is 6.34. The smallest absolute Gasteiger partial charge is 0.256 e. The molecule has 0 saturated heterocycles. The van der Waals surface area contributed by atoms with Crippen LogP contribution in [0.5, 0.6) is 0 Å². The molecule has 1 N–H and O–H groups in total. The molecule has 1 aromatic heterocycles. The molecule has 96 valence electrons. The Hall–Kier alpha value is -1.03. The van der Waals surface area contributed by atoms with E-state index in [-0.39, 0.29) is 11.3 Å². The Morgan fingerprint density at radius 3 is 2.65 bits per heavy atom. The van der Waals surface area contributed by atoms with Crippen LogP contribution in [0.2, 0.25) is 0 Å². The highest BCUT2D eigenvalue weighted by atomic mass is 35.5. The predicted molar refractivity (Wildman–Crippen MR) is 67.3 cm³/mol. The number of carbonyl (C=O) groups is 1. The minimum atomic E-state index is -0.180. The van der Waals surface area contributed by atoms with Crippen LogP contribution in [0.4, 0.5) is 0 Å². The normalized spacial score (nSPS) is 12.8. The summed E-state index contributed by atoms with van der Waals surface area (Å²) in [6.07, 6.45) is 3.46. The van der Waals surface area contributed by atoms with Crippen molar-refractivity contribution in [2.75, 3.05) is 6.54 Å². The molecule has 1 rings (SSSR count). The summed E-state index contributed by atoms with van der Waals surface area (Å²) in [7, 11) is 0. The maximum absolute atomic E-state index is 11.8. The molecule has 1 heterocycles. The molecular formula is C12H19ClN2O2. The molecule has 4 nitrogen and oxygen atoms in total. The van der Waals surface area contributed by atoms with Gasteiger partial charge in [-0.25, -0.2) is 0 Å². The number of aromatic nitrogens is 1. The van der Waals surface area contributed by atoms with Gasteiger partial charge in [-0.1, -0.05) is 31.8 Å². The summed E-state index contributed by atoms with van der Waals surface area (Å²) in [4.78, 5) is 11.8. The first-order valence-corrected chi connectivity index (χ1v) is 6.37. The zero-order valence-corrected chi connectivity index (χ0v) is 11.3. The van der Waals surface area contributed by atoms with E-state index in [1.165, 1.54) is 6.20 Å². The number of hydrogen-bond donors (Lipinski definition) is 1. The molecule has 1 aromatic rings. The van der Waals surface area contributed by atoms with Gasteiger partial charge in [-0.3, -0.25) is 4.79 Å². The van der Waals surface area contributed by atoms with Crippen molar-refractivity contribution in [3.05, 3.63) is 17.5 Å². The SMILES string of the molecule is CCC(CC)C(Cl)CNC(=O)c1cnoc1C. The van der Waals surface area contributed by atoms with Gasteiger partial charge in [0.15, 0.2) is 0 Å². The average molecular weight is 259 g/mol. The van der Waals surface area contributed by atoms with Crippen LogP contribution in [-0.2, 0) is 0 Å². The van der Waals surface area contributed by atoms with E-state index in [2.05, 4.69) is 24.3 Å². The van der Waals surface area contributed by atoms with Crippen molar-refractivity contribution in [3.8, 4) is 0 Å². The highest BCUT2D eigenvalue weighted by molar-refractivity contribution is 6.21. The second-order valence-electron chi connectivity index (χ2n) is 4.10. The van der Waals surface area contributed by atoms with E-state index in [0.717, 1.165) is 12.8 Å². The number of carbonyl (C=O) groups excluding carboxylic acids is 1. The molecule has 1 atom stereocenters. The summed E-state index contributed by atoms with van der Waals surface area (Å²) in [6.45, 7) is 6.39. The molecule has 0 aliphatic carbocycles. The first-order valence-electron chi connectivity index (χ1n) is 5.93. The molecule has 0 radical (unpaired) electrons. The Bertz CT molecular complexity index is 361. The molecule has 0 spiro atoms. The van der Waals surface area contributed by atoms with Gasteiger partial charge in [0.05, 0.1) is 11.6 Å². The van der Waals surface area contributed by atoms with Crippen LogP contribution in [0, 0.1) is 12.8 Å². The molecule has 0 fully saturated rings. The lowest BCUT2D eigenvalue weighted by molar-refractivity contribution is 0.0950. The molecule has 0 saturated carbocycles. The van der Waals surface area contributed by atoms with Crippen LogP contribution in [0.15, 0.2) is 10.7 Å². The summed E-state index contributed by atoms with van der Waals surface area (Å²) in [5.41, 5.74) is 0.471. The Kier molecular flexibility index (Phi) is 5.48. The predicted octanol–water partition coefficient (Wildman–Crippen LogP) is 2.76. The van der Waals surface area contributed by atoms with E-state index in [1.54, 1.807) is 6.92 Å². The number of nitrogens with zero attached hydrogens (tertiary/aromatic N) is 1. The van der Waals surface area contributed by atoms with Crippen molar-refractivity contribution < 1.29 is 9.32 Å². The van der Waals surface area contributed by atoms with E-state index < -0.39 is 0 Å². The fourth-order valence-corrected chi connectivity index (χ4v) is 2.20. The fraction of sp³-hybridized carbons (Fsp3) is 0.667. The van der Waals surface area contributed by atoms with Crippen molar-refractivity contribution in [1.29, 1.82) is 0 Å². The van der Waals surface area contributed by atoms with Crippen LogP contribution in [0.3, 0.4) is 0 Å². The number of amides is 1. The van der Waals surface area contributed by atoms with Gasteiger partial charge in [-0.2, -0.15) is 0 Å². The fourth-order valence-electron chi connectivity index (χ4n) is 1.77. The number of nitrogens with one attached hydrogen (secondary N) is 1. The Morgan fingerprint density at radius 1 is 1.53 bits per heavy atom. The highest BCUT2D eigenvalue weighted by Crippen LogP contribution is 2.17. The van der Waals surface area contributed by atoms with Crippen molar-refractivity contribution in [2.24, 2.45) is 5.92 Å². The number of rotatable bonds is 6. The van der Waals surface area contributed by atoms with Crippen LogP contribution in [0.1, 0.15) is 42.8 Å². The largest absolute Gasteiger partial charge is 0.361 e. The molecule has 5 heteroatoms. The molecule has 0 aliphatic rings. The zero-order chi connectivity index (χ0) is 12.8. The van der Waals surface area contributed by atoms with E-state index in [0.29, 0.717) is 23.8 Å². The first kappa shape index (κ1) is 14.0. The summed E-state index contributed by atoms with van der Waals surface area (Å²) < 4.78 is 4.84. The van der Waals surface area contributed by atoms with Gasteiger partial charge in [0.2, 0.25) is 0 Å². The van der Waals surface area contributed by atoms with Gasteiger partial charge >= 0.3 is 0 Å². The lowest BCUT2D eigenvalue weighted by Gasteiger charge is -2.19. The highest BCUT2D eigenvalue weighted by Gasteiger charge is 2.18. The molecular weight excluding hydrogens is 240 g/mol. The first-order chi connectivity index (χ1) is 8.10. The second-order valence-corrected chi connectivity index (χ2v) is 4.66. The summed E-state index contributed by atoms with van der Waals surface area (Å²) >= 11 is 6.24. The third kappa shape index (κ3) is 3.73. The lowest BCUT2D eigenvalue weighted by Crippen LogP contribution is -2.33. The third-order valence-corrected chi connectivity index (χ3v) is 3.52. The van der Waals surface area contributed by atoms with E-state index in [1.807, 2.05) is 0 Å². The summed E-state index contributed by atoms with van der Waals surface area (Å²) in [6, 6.07) is 0. The van der Waals surface area contributed by atoms with Gasteiger partial charge in [-0.15, -0.1) is 11.6 Å². The zero-order valence-electron chi connectivity index (χ0n) is 10.5. The minimum absolute atomic E-state index is 0.0332. The standard InChI is InChI=1S/C12H19ClN2O2/c1-4-9(5-2)11(13)7-14-12(16)10-6-15-17-8(10)3/h6,9,11H,4-5,7H2,1-3H3,(H,14,16). The van der Waals surface area contributed by atoms with Crippen molar-refractivity contribution in [2.45, 2.75) is 39.0 Å². The maximum atomic E-state index is 11.8. The Labute approximate surface area is 107 Å². The number of halogens is 1. The minimum Gasteiger partial charge on any atom is -0.361 e. The third-order valence-electron chi connectivity index (χ3n) is 3.01. The van der Waals surface area contributed by atoms with Crippen LogP contribution < -0.4 is 5.32 Å². The number of aryl methyl sites for hydroxylation is 1. The van der Waals surface area contributed by atoms with E-state index in [4.69, 9.17) is 16.1 Å². The van der Waals surface area contributed by atoms with Gasteiger partial charge in [0.25, 0.3) is 5.91 Å². The van der Waals surface area contributed by atoms with Gasteiger partial charge in [-0.05, 0) is 12.8 Å². The topological polar surface area (TPSA) is 55.1 Å². The van der Waals surface area contributed by atoms with E-state index in [9.17, 15) is 4.79 Å². The van der Waals surface area contributed by atoms with Crippen molar-refractivity contribution in [3.63, 3.8) is 0 Å². The molecule has 1 amide bonds. The van der Waals surface area contributed by atoms with Crippen LogP contribution in [-0.4, -0.2) is 23.0 Å².